The standard InChI is InChI=1S/C26H19F12O4S/c27-23(28,29)21(39,24(30,31)32)14-41-16-6-10-19(11-7-16)43(18-4-2-1-3-5-18)20-12-8-17(9-13-20)42-15-22(40,25(33,34)35)26(36,37)38/h1-13,39-40H,14-15H2/q+1. The molecule has 0 aliphatic carbocycles. The van der Waals surface area contributed by atoms with Crippen molar-refractivity contribution in [2.24, 2.45) is 0 Å². The molecule has 0 atom stereocenters. The summed E-state index contributed by atoms with van der Waals surface area (Å²) in [5, 5.41) is 18.5. The van der Waals surface area contributed by atoms with Crippen LogP contribution in [-0.2, 0) is 10.9 Å². The van der Waals surface area contributed by atoms with Crippen LogP contribution in [0.1, 0.15) is 0 Å². The molecule has 4 nitrogen and oxygen atoms in total. The summed E-state index contributed by atoms with van der Waals surface area (Å²) in [4.78, 5) is 1.48. The fourth-order valence-corrected chi connectivity index (χ4v) is 5.40. The molecule has 3 aromatic rings. The Hall–Kier alpha value is -3.31. The quantitative estimate of drug-likeness (QED) is 0.189. The fourth-order valence-electron chi connectivity index (χ4n) is 3.33. The van der Waals surface area contributed by atoms with E-state index in [9.17, 15) is 62.9 Å². The highest BCUT2D eigenvalue weighted by molar-refractivity contribution is 7.97. The fraction of sp³-hybridized carbons (Fsp3) is 0.308. The first kappa shape index (κ1) is 34.2. The van der Waals surface area contributed by atoms with Crippen molar-refractivity contribution in [1.82, 2.24) is 0 Å². The van der Waals surface area contributed by atoms with Crippen LogP contribution in [0.15, 0.2) is 93.5 Å². The molecule has 0 saturated heterocycles. The van der Waals surface area contributed by atoms with Gasteiger partial charge in [-0.15, -0.1) is 0 Å². The molecule has 0 heterocycles. The predicted octanol–water partition coefficient (Wildman–Crippen LogP) is 7.25. The van der Waals surface area contributed by atoms with Crippen LogP contribution in [-0.4, -0.2) is 59.3 Å². The number of hydrogen-bond acceptors (Lipinski definition) is 4. The molecule has 0 unspecified atom stereocenters. The molecular weight excluding hydrogens is 636 g/mol. The molecule has 0 spiro atoms. The number of aliphatic hydroxyl groups is 2. The van der Waals surface area contributed by atoms with E-state index in [1.807, 2.05) is 0 Å². The third kappa shape index (κ3) is 7.26. The number of hydrogen-bond donors (Lipinski definition) is 2. The molecule has 0 saturated carbocycles. The second kappa shape index (κ2) is 12.0. The normalized spacial score (nSPS) is 13.7. The molecule has 2 N–H and O–H groups in total. The first-order valence-corrected chi connectivity index (χ1v) is 12.8. The molecule has 0 aliphatic rings. The van der Waals surface area contributed by atoms with Crippen LogP contribution in [0.25, 0.3) is 0 Å². The Balaban J connectivity index is 1.86. The van der Waals surface area contributed by atoms with Gasteiger partial charge in [0, 0.05) is 0 Å². The molecule has 0 bridgehead atoms. The van der Waals surface area contributed by atoms with Crippen LogP contribution in [0.2, 0.25) is 0 Å². The van der Waals surface area contributed by atoms with Crippen LogP contribution >= 0.6 is 0 Å². The van der Waals surface area contributed by atoms with Crippen LogP contribution < -0.4 is 9.47 Å². The van der Waals surface area contributed by atoms with Crippen LogP contribution in [0.4, 0.5) is 52.7 Å². The lowest BCUT2D eigenvalue weighted by Crippen LogP contribution is -2.60. The summed E-state index contributed by atoms with van der Waals surface area (Å²) in [5.41, 5.74) is -10.3. The Morgan fingerprint density at radius 2 is 0.721 bits per heavy atom. The lowest BCUT2D eigenvalue weighted by atomic mass is 10.0. The highest BCUT2D eigenvalue weighted by Crippen LogP contribution is 2.44. The topological polar surface area (TPSA) is 58.9 Å². The monoisotopic (exact) mass is 655 g/mol. The van der Waals surface area contributed by atoms with Crippen LogP contribution in [0.5, 0.6) is 11.5 Å². The van der Waals surface area contributed by atoms with Gasteiger partial charge in [0.15, 0.2) is 14.7 Å². The van der Waals surface area contributed by atoms with Crippen molar-refractivity contribution in [2.45, 2.75) is 50.6 Å². The van der Waals surface area contributed by atoms with Gasteiger partial charge >= 0.3 is 24.7 Å². The van der Waals surface area contributed by atoms with Crippen molar-refractivity contribution in [3.8, 4) is 11.5 Å². The Labute approximate surface area is 237 Å². The van der Waals surface area contributed by atoms with Crippen molar-refractivity contribution in [3.63, 3.8) is 0 Å². The Morgan fingerprint density at radius 3 is 1.00 bits per heavy atom. The SMILES string of the molecule is OC(COc1ccc([S+](c2ccccc2)c2ccc(OCC(O)(C(F)(F)F)C(F)(F)F)cc2)cc1)(C(F)(F)F)C(F)(F)F. The van der Waals surface area contributed by atoms with Gasteiger partial charge in [0.1, 0.15) is 24.7 Å². The molecule has 3 aromatic carbocycles. The number of alkyl halides is 12. The highest BCUT2D eigenvalue weighted by atomic mass is 32.2. The number of halogens is 12. The lowest BCUT2D eigenvalue weighted by molar-refractivity contribution is -0.374. The van der Waals surface area contributed by atoms with Crippen molar-refractivity contribution in [2.75, 3.05) is 13.2 Å². The summed E-state index contributed by atoms with van der Waals surface area (Å²) in [6, 6.07) is 17.7. The van der Waals surface area contributed by atoms with Gasteiger partial charge in [-0.1, -0.05) is 18.2 Å². The van der Waals surface area contributed by atoms with E-state index >= 15 is 0 Å². The van der Waals surface area contributed by atoms with Crippen molar-refractivity contribution in [3.05, 3.63) is 78.9 Å². The minimum atomic E-state index is -6.08. The average molecular weight is 655 g/mol. The van der Waals surface area contributed by atoms with Crippen molar-refractivity contribution >= 4 is 10.9 Å². The second-order valence-electron chi connectivity index (χ2n) is 8.85. The highest BCUT2D eigenvalue weighted by Gasteiger charge is 2.72. The van der Waals surface area contributed by atoms with Gasteiger partial charge in [-0.05, 0) is 60.7 Å². The second-order valence-corrected chi connectivity index (χ2v) is 10.9. The van der Waals surface area contributed by atoms with E-state index in [1.165, 1.54) is 24.3 Å². The van der Waals surface area contributed by atoms with E-state index in [0.29, 0.717) is 14.7 Å². The van der Waals surface area contributed by atoms with E-state index in [2.05, 4.69) is 9.47 Å². The zero-order valence-electron chi connectivity index (χ0n) is 21.1. The molecule has 0 aromatic heterocycles. The molecule has 236 valence electrons. The minimum Gasteiger partial charge on any atom is -0.490 e. The van der Waals surface area contributed by atoms with Gasteiger partial charge < -0.3 is 19.7 Å². The zero-order chi connectivity index (χ0) is 32.5. The maximum atomic E-state index is 12.9. The third-order valence-electron chi connectivity index (χ3n) is 5.87. The van der Waals surface area contributed by atoms with E-state index in [0.717, 1.165) is 24.3 Å². The summed E-state index contributed by atoms with van der Waals surface area (Å²) < 4.78 is 164. The first-order valence-electron chi connectivity index (χ1n) is 11.6. The van der Waals surface area contributed by atoms with Gasteiger partial charge in [0.2, 0.25) is 0 Å². The molecule has 0 amide bonds. The largest absolute Gasteiger partial charge is 0.490 e. The Morgan fingerprint density at radius 1 is 0.442 bits per heavy atom. The van der Waals surface area contributed by atoms with E-state index in [1.54, 1.807) is 30.3 Å². The van der Waals surface area contributed by atoms with Gasteiger partial charge in [0.05, 0.1) is 10.9 Å². The molecule has 0 aliphatic heterocycles. The van der Waals surface area contributed by atoms with E-state index in [-0.39, 0.29) is 0 Å². The summed E-state index contributed by atoms with van der Waals surface area (Å²) in [6.45, 7) is -4.36. The number of ether oxygens (including phenoxy) is 2. The lowest BCUT2D eigenvalue weighted by Gasteiger charge is -2.31. The number of rotatable bonds is 9. The maximum Gasteiger partial charge on any atom is 0.429 e. The molecule has 3 rings (SSSR count). The maximum absolute atomic E-state index is 12.9. The summed E-state index contributed by atoms with van der Waals surface area (Å²) in [5.74, 6) is -0.893. The minimum absolute atomic E-state index is 0.428. The summed E-state index contributed by atoms with van der Waals surface area (Å²) in [6.07, 6.45) is -24.3. The van der Waals surface area contributed by atoms with Crippen LogP contribution in [0.3, 0.4) is 0 Å². The van der Waals surface area contributed by atoms with Gasteiger partial charge in [-0.2, -0.15) is 52.7 Å². The molecule has 43 heavy (non-hydrogen) atoms. The zero-order valence-corrected chi connectivity index (χ0v) is 21.9. The average Bonchev–Trinajstić information content (AvgIpc) is 2.90. The molecule has 0 radical (unpaired) electrons. The van der Waals surface area contributed by atoms with E-state index < -0.39 is 71.5 Å². The third-order valence-corrected chi connectivity index (χ3v) is 8.10. The number of benzene rings is 3. The predicted molar refractivity (Wildman–Crippen MR) is 127 cm³/mol. The molecule has 17 heteroatoms. The summed E-state index contributed by atoms with van der Waals surface area (Å²) >= 11 is 0. The van der Waals surface area contributed by atoms with Crippen LogP contribution in [0, 0.1) is 0 Å². The van der Waals surface area contributed by atoms with Gasteiger partial charge in [-0.3, -0.25) is 0 Å². The van der Waals surface area contributed by atoms with Crippen molar-refractivity contribution < 1.29 is 72.4 Å². The van der Waals surface area contributed by atoms with E-state index in [4.69, 9.17) is 0 Å². The Kier molecular flexibility index (Phi) is 9.54. The van der Waals surface area contributed by atoms with Crippen molar-refractivity contribution in [1.29, 1.82) is 0 Å². The molecule has 0 fully saturated rings. The first-order chi connectivity index (χ1) is 19.6. The Bertz CT molecular complexity index is 1220. The smallest absolute Gasteiger partial charge is 0.429 e. The molecular formula is C26H19F12O4S+. The van der Waals surface area contributed by atoms with Gasteiger partial charge in [-0.25, -0.2) is 0 Å². The summed E-state index contributed by atoms with van der Waals surface area (Å²) in [7, 11) is -1.06. The van der Waals surface area contributed by atoms with Gasteiger partial charge in [0.25, 0.3) is 11.2 Å².